The maximum absolute atomic E-state index is 12.5. The fourth-order valence-corrected chi connectivity index (χ4v) is 2.32. The van der Waals surface area contributed by atoms with Gasteiger partial charge in [0.25, 0.3) is 0 Å². The average Bonchev–Trinajstić information content (AvgIpc) is 2.61. The molecule has 1 atom stereocenters. The number of amides is 1. The molecule has 3 N–H and O–H groups in total. The molecule has 0 radical (unpaired) electrons. The first-order valence-corrected chi connectivity index (χ1v) is 7.81. The zero-order valence-electron chi connectivity index (χ0n) is 13.3. The summed E-state index contributed by atoms with van der Waals surface area (Å²) in [5.41, 5.74) is 7.49. The second-order valence-electron chi connectivity index (χ2n) is 5.48. The zero-order chi connectivity index (χ0) is 16.7. The Morgan fingerprint density at radius 2 is 1.74 bits per heavy atom. The van der Waals surface area contributed by atoms with Gasteiger partial charge in [-0.1, -0.05) is 48.5 Å². The van der Waals surface area contributed by atoms with Crippen LogP contribution in [0.1, 0.15) is 40.7 Å². The standard InChI is InChI=1S/C19H22N2O2/c1-14(19(23)21-12-6-11-20)16-9-5-10-17(13-16)18(22)15-7-3-2-4-8-15/h2-5,7-10,13-14H,6,11-12,20H2,1H3,(H,21,23). The lowest BCUT2D eigenvalue weighted by Crippen LogP contribution is -2.30. The van der Waals surface area contributed by atoms with Crippen LogP contribution in [-0.4, -0.2) is 24.8 Å². The van der Waals surface area contributed by atoms with E-state index in [1.165, 1.54) is 0 Å². The summed E-state index contributed by atoms with van der Waals surface area (Å²) in [7, 11) is 0. The lowest BCUT2D eigenvalue weighted by atomic mass is 9.95. The summed E-state index contributed by atoms with van der Waals surface area (Å²) in [4.78, 5) is 24.6. The minimum Gasteiger partial charge on any atom is -0.356 e. The SMILES string of the molecule is CC(C(=O)NCCCN)c1cccc(C(=O)c2ccccc2)c1. The first-order valence-electron chi connectivity index (χ1n) is 7.81. The first-order chi connectivity index (χ1) is 11.1. The van der Waals surface area contributed by atoms with Gasteiger partial charge < -0.3 is 11.1 Å². The van der Waals surface area contributed by atoms with Crippen molar-refractivity contribution in [2.75, 3.05) is 13.1 Å². The van der Waals surface area contributed by atoms with Gasteiger partial charge in [-0.3, -0.25) is 9.59 Å². The number of ketones is 1. The predicted octanol–water partition coefficient (Wildman–Crippen LogP) is 2.49. The minimum absolute atomic E-state index is 0.0387. The Labute approximate surface area is 136 Å². The number of hydrogen-bond donors (Lipinski definition) is 2. The highest BCUT2D eigenvalue weighted by Crippen LogP contribution is 2.19. The number of nitrogens with one attached hydrogen (secondary N) is 1. The van der Waals surface area contributed by atoms with E-state index in [-0.39, 0.29) is 17.6 Å². The Morgan fingerprint density at radius 1 is 1.04 bits per heavy atom. The maximum Gasteiger partial charge on any atom is 0.227 e. The van der Waals surface area contributed by atoms with Gasteiger partial charge in [-0.15, -0.1) is 0 Å². The van der Waals surface area contributed by atoms with Crippen LogP contribution >= 0.6 is 0 Å². The highest BCUT2D eigenvalue weighted by atomic mass is 16.1. The van der Waals surface area contributed by atoms with Gasteiger partial charge in [0.05, 0.1) is 5.92 Å². The van der Waals surface area contributed by atoms with Crippen molar-refractivity contribution in [3.63, 3.8) is 0 Å². The van der Waals surface area contributed by atoms with Gasteiger partial charge >= 0.3 is 0 Å². The van der Waals surface area contributed by atoms with E-state index in [2.05, 4.69) is 5.32 Å². The van der Waals surface area contributed by atoms with E-state index < -0.39 is 0 Å². The Bertz CT molecular complexity index is 668. The molecule has 0 aliphatic carbocycles. The molecular formula is C19H22N2O2. The van der Waals surface area contributed by atoms with Crippen molar-refractivity contribution >= 4 is 11.7 Å². The van der Waals surface area contributed by atoms with Crippen LogP contribution in [0.25, 0.3) is 0 Å². The lowest BCUT2D eigenvalue weighted by Gasteiger charge is -2.13. The van der Waals surface area contributed by atoms with Gasteiger partial charge in [0, 0.05) is 17.7 Å². The molecule has 0 spiro atoms. The van der Waals surface area contributed by atoms with Crippen LogP contribution in [0, 0.1) is 0 Å². The number of rotatable bonds is 7. The third kappa shape index (κ3) is 4.50. The number of benzene rings is 2. The zero-order valence-corrected chi connectivity index (χ0v) is 13.3. The minimum atomic E-state index is -0.309. The summed E-state index contributed by atoms with van der Waals surface area (Å²) >= 11 is 0. The van der Waals surface area contributed by atoms with Crippen molar-refractivity contribution < 1.29 is 9.59 Å². The average molecular weight is 310 g/mol. The number of nitrogens with two attached hydrogens (primary N) is 1. The summed E-state index contributed by atoms with van der Waals surface area (Å²) < 4.78 is 0. The van der Waals surface area contributed by atoms with E-state index in [4.69, 9.17) is 5.73 Å². The van der Waals surface area contributed by atoms with E-state index in [1.54, 1.807) is 24.3 Å². The summed E-state index contributed by atoms with van der Waals surface area (Å²) in [6.45, 7) is 2.96. The molecule has 120 valence electrons. The van der Waals surface area contributed by atoms with Crippen LogP contribution in [0.2, 0.25) is 0 Å². The van der Waals surface area contributed by atoms with Crippen molar-refractivity contribution in [3.8, 4) is 0 Å². The highest BCUT2D eigenvalue weighted by molar-refractivity contribution is 6.09. The topological polar surface area (TPSA) is 72.2 Å². The van der Waals surface area contributed by atoms with Crippen LogP contribution in [-0.2, 0) is 4.79 Å². The fraction of sp³-hybridized carbons (Fsp3) is 0.263. The van der Waals surface area contributed by atoms with Gasteiger partial charge in [-0.25, -0.2) is 0 Å². The maximum atomic E-state index is 12.5. The second-order valence-corrected chi connectivity index (χ2v) is 5.48. The molecule has 23 heavy (non-hydrogen) atoms. The molecule has 0 heterocycles. The fourth-order valence-electron chi connectivity index (χ4n) is 2.32. The molecule has 0 aliphatic heterocycles. The summed E-state index contributed by atoms with van der Waals surface area (Å²) in [5, 5.41) is 2.86. The molecule has 0 aromatic heterocycles. The molecule has 4 heteroatoms. The molecule has 0 bridgehead atoms. The van der Waals surface area contributed by atoms with E-state index >= 15 is 0 Å². The molecule has 1 amide bonds. The normalized spacial score (nSPS) is 11.7. The smallest absolute Gasteiger partial charge is 0.227 e. The first kappa shape index (κ1) is 16.9. The van der Waals surface area contributed by atoms with Gasteiger partial charge in [-0.05, 0) is 31.5 Å². The molecule has 0 fully saturated rings. The molecular weight excluding hydrogens is 288 g/mol. The lowest BCUT2D eigenvalue weighted by molar-refractivity contribution is -0.122. The van der Waals surface area contributed by atoms with Crippen LogP contribution in [0.5, 0.6) is 0 Å². The van der Waals surface area contributed by atoms with Crippen LogP contribution in [0.15, 0.2) is 54.6 Å². The quantitative estimate of drug-likeness (QED) is 0.609. The number of carbonyl (C=O) groups is 2. The monoisotopic (exact) mass is 310 g/mol. The van der Waals surface area contributed by atoms with E-state index in [1.807, 2.05) is 37.3 Å². The van der Waals surface area contributed by atoms with Crippen molar-refractivity contribution in [1.29, 1.82) is 0 Å². The van der Waals surface area contributed by atoms with Crippen LogP contribution in [0.4, 0.5) is 0 Å². The summed E-state index contributed by atoms with van der Waals surface area (Å²) in [6, 6.07) is 16.4. The van der Waals surface area contributed by atoms with Crippen molar-refractivity contribution in [1.82, 2.24) is 5.32 Å². The van der Waals surface area contributed by atoms with Gasteiger partial charge in [-0.2, -0.15) is 0 Å². The van der Waals surface area contributed by atoms with Crippen LogP contribution < -0.4 is 11.1 Å². The molecule has 0 aliphatic rings. The molecule has 2 aromatic rings. The molecule has 0 saturated carbocycles. The molecule has 2 aromatic carbocycles. The third-order valence-corrected chi connectivity index (χ3v) is 3.76. The van der Waals surface area contributed by atoms with E-state index in [0.717, 1.165) is 12.0 Å². The van der Waals surface area contributed by atoms with Crippen molar-refractivity contribution in [3.05, 3.63) is 71.3 Å². The second kappa shape index (κ2) is 8.25. The Balaban J connectivity index is 2.13. The summed E-state index contributed by atoms with van der Waals surface area (Å²) in [6.07, 6.45) is 0.755. The van der Waals surface area contributed by atoms with Crippen molar-refractivity contribution in [2.45, 2.75) is 19.3 Å². The highest BCUT2D eigenvalue weighted by Gasteiger charge is 2.16. The molecule has 1 unspecified atom stereocenters. The number of hydrogen-bond acceptors (Lipinski definition) is 3. The Kier molecular flexibility index (Phi) is 6.06. The van der Waals surface area contributed by atoms with Gasteiger partial charge in [0.15, 0.2) is 5.78 Å². The van der Waals surface area contributed by atoms with Gasteiger partial charge in [0.2, 0.25) is 5.91 Å². The van der Waals surface area contributed by atoms with Gasteiger partial charge in [0.1, 0.15) is 0 Å². The van der Waals surface area contributed by atoms with Crippen molar-refractivity contribution in [2.24, 2.45) is 5.73 Å². The Morgan fingerprint density at radius 3 is 2.43 bits per heavy atom. The molecule has 2 rings (SSSR count). The molecule has 4 nitrogen and oxygen atoms in total. The molecule has 0 saturated heterocycles. The third-order valence-electron chi connectivity index (χ3n) is 3.76. The summed E-state index contributed by atoms with van der Waals surface area (Å²) in [5.74, 6) is -0.401. The predicted molar refractivity (Wildman–Crippen MR) is 91.4 cm³/mol. The largest absolute Gasteiger partial charge is 0.356 e. The van der Waals surface area contributed by atoms with E-state index in [9.17, 15) is 9.59 Å². The number of carbonyl (C=O) groups excluding carboxylic acids is 2. The van der Waals surface area contributed by atoms with Crippen LogP contribution in [0.3, 0.4) is 0 Å². The Hall–Kier alpha value is -2.46. The van der Waals surface area contributed by atoms with E-state index in [0.29, 0.717) is 24.2 Å².